The highest BCUT2D eigenvalue weighted by Gasteiger charge is 2.31. The maximum Gasteiger partial charge on any atom is 0.419 e. The van der Waals surface area contributed by atoms with Crippen LogP contribution in [0, 0.1) is 0 Å². The second-order valence-electron chi connectivity index (χ2n) is 11.2. The number of hydrogen-bond acceptors (Lipinski definition) is 8. The molecule has 0 bridgehead atoms. The van der Waals surface area contributed by atoms with Crippen molar-refractivity contribution in [3.05, 3.63) is 29.8 Å². The van der Waals surface area contributed by atoms with Gasteiger partial charge in [0.05, 0.1) is 13.0 Å². The molecule has 10 heteroatoms. The maximum absolute atomic E-state index is 12.5. The van der Waals surface area contributed by atoms with Crippen molar-refractivity contribution in [2.45, 2.75) is 85.5 Å². The smallest absolute Gasteiger partial charge is 0.419 e. The van der Waals surface area contributed by atoms with Crippen molar-refractivity contribution < 1.29 is 38.1 Å². The lowest BCUT2D eigenvalue weighted by Crippen LogP contribution is -2.45. The van der Waals surface area contributed by atoms with Gasteiger partial charge in [-0.25, -0.2) is 19.3 Å². The zero-order chi connectivity index (χ0) is 27.9. The molecule has 0 heterocycles. The van der Waals surface area contributed by atoms with Gasteiger partial charge in [0.15, 0.2) is 0 Å². The Balaban J connectivity index is 2.73. The Kier molecular flexibility index (Phi) is 10.3. The molecule has 1 aromatic rings. The van der Waals surface area contributed by atoms with E-state index in [4.69, 9.17) is 18.9 Å². The monoisotopic (exact) mass is 508 g/mol. The van der Waals surface area contributed by atoms with E-state index in [2.05, 4.69) is 0 Å². The Bertz CT molecular complexity index is 893. The van der Waals surface area contributed by atoms with E-state index in [0.29, 0.717) is 11.3 Å². The zero-order valence-corrected chi connectivity index (χ0v) is 23.1. The second kappa shape index (κ2) is 12.1. The third-order valence-corrected chi connectivity index (χ3v) is 4.13. The number of amides is 4. The normalized spacial score (nSPS) is 11.8. The van der Waals surface area contributed by atoms with Crippen molar-refractivity contribution in [2.75, 3.05) is 20.2 Å². The molecule has 0 aromatic heterocycles. The number of carbonyl (C=O) groups excluding carboxylic acids is 4. The van der Waals surface area contributed by atoms with Gasteiger partial charge in [-0.15, -0.1) is 0 Å². The third kappa shape index (κ3) is 11.9. The summed E-state index contributed by atoms with van der Waals surface area (Å²) in [6.07, 6.45) is -2.38. The van der Waals surface area contributed by atoms with Gasteiger partial charge in [0, 0.05) is 7.05 Å². The third-order valence-electron chi connectivity index (χ3n) is 4.13. The number of benzene rings is 1. The van der Waals surface area contributed by atoms with Crippen molar-refractivity contribution in [1.82, 2.24) is 9.80 Å². The van der Waals surface area contributed by atoms with Crippen LogP contribution in [0.5, 0.6) is 5.75 Å². The fraction of sp³-hybridized carbons (Fsp3) is 0.615. The summed E-state index contributed by atoms with van der Waals surface area (Å²) >= 11 is 0. The molecule has 0 spiro atoms. The summed E-state index contributed by atoms with van der Waals surface area (Å²) in [5.41, 5.74) is -1.61. The minimum Gasteiger partial charge on any atom is -0.492 e. The highest BCUT2D eigenvalue weighted by molar-refractivity contribution is 5.92. The second-order valence-corrected chi connectivity index (χ2v) is 11.2. The summed E-state index contributed by atoms with van der Waals surface area (Å²) in [5, 5.41) is 0. The molecule has 0 N–H and O–H groups in total. The van der Waals surface area contributed by atoms with Crippen LogP contribution in [0.2, 0.25) is 0 Å². The summed E-state index contributed by atoms with van der Waals surface area (Å²) in [6, 6.07) is 6.69. The Labute approximate surface area is 213 Å². The van der Waals surface area contributed by atoms with Gasteiger partial charge >= 0.3 is 18.3 Å². The molecule has 0 saturated carbocycles. The van der Waals surface area contributed by atoms with Crippen LogP contribution in [0.25, 0.3) is 0 Å². The molecule has 4 amide bonds. The van der Waals surface area contributed by atoms with Crippen molar-refractivity contribution >= 4 is 24.2 Å². The standard InChI is InChI=1S/C26H40N2O8/c1-24(2,3)34-21(30)27(10)20(29)17-18-11-13-19(14-12-18)33-16-15-28(22(31)35-25(4,5)6)23(32)36-26(7,8)9/h11-14H,15-17H2,1-10H3. The van der Waals surface area contributed by atoms with E-state index < -0.39 is 41.0 Å². The van der Waals surface area contributed by atoms with Crippen LogP contribution >= 0.6 is 0 Å². The first kappa shape index (κ1) is 30.7. The molecule has 0 aliphatic rings. The number of nitrogens with zero attached hydrogens (tertiary/aromatic N) is 2. The zero-order valence-electron chi connectivity index (χ0n) is 23.1. The largest absolute Gasteiger partial charge is 0.492 e. The number of ether oxygens (including phenoxy) is 4. The molecule has 0 unspecified atom stereocenters. The number of likely N-dealkylation sites (N-methyl/N-ethyl adjacent to an activating group) is 1. The van der Waals surface area contributed by atoms with Crippen LogP contribution in [0.3, 0.4) is 0 Å². The van der Waals surface area contributed by atoms with Gasteiger partial charge in [-0.05, 0) is 80.0 Å². The van der Waals surface area contributed by atoms with E-state index in [1.807, 2.05) is 0 Å². The molecule has 0 saturated heterocycles. The number of rotatable bonds is 6. The fourth-order valence-electron chi connectivity index (χ4n) is 2.57. The lowest BCUT2D eigenvalue weighted by Gasteiger charge is -2.28. The van der Waals surface area contributed by atoms with Crippen molar-refractivity contribution in [1.29, 1.82) is 0 Å². The Hall–Kier alpha value is -3.30. The molecule has 10 nitrogen and oxygen atoms in total. The first-order chi connectivity index (χ1) is 16.3. The van der Waals surface area contributed by atoms with Gasteiger partial charge in [-0.1, -0.05) is 12.1 Å². The Morgan fingerprint density at radius 1 is 0.694 bits per heavy atom. The highest BCUT2D eigenvalue weighted by Crippen LogP contribution is 2.17. The van der Waals surface area contributed by atoms with Gasteiger partial charge in [0.2, 0.25) is 5.91 Å². The average molecular weight is 509 g/mol. The Morgan fingerprint density at radius 2 is 1.11 bits per heavy atom. The highest BCUT2D eigenvalue weighted by atomic mass is 16.6. The molecule has 36 heavy (non-hydrogen) atoms. The summed E-state index contributed by atoms with van der Waals surface area (Å²) < 4.78 is 21.5. The molecule has 1 rings (SSSR count). The van der Waals surface area contributed by atoms with Crippen LogP contribution in [0.15, 0.2) is 24.3 Å². The van der Waals surface area contributed by atoms with Crippen molar-refractivity contribution in [3.8, 4) is 5.75 Å². The summed E-state index contributed by atoms with van der Waals surface area (Å²) in [6.45, 7) is 15.3. The molecular formula is C26H40N2O8. The maximum atomic E-state index is 12.5. The molecule has 0 aliphatic carbocycles. The average Bonchev–Trinajstić information content (AvgIpc) is 2.67. The van der Waals surface area contributed by atoms with Crippen LogP contribution in [-0.4, -0.2) is 71.0 Å². The topological polar surface area (TPSA) is 112 Å². The van der Waals surface area contributed by atoms with E-state index in [1.54, 1.807) is 86.6 Å². The summed E-state index contributed by atoms with van der Waals surface area (Å²) in [5.74, 6) is 0.0586. The van der Waals surface area contributed by atoms with Crippen LogP contribution in [0.4, 0.5) is 14.4 Å². The molecule has 0 atom stereocenters. The first-order valence-corrected chi connectivity index (χ1v) is 11.7. The van der Waals surface area contributed by atoms with E-state index >= 15 is 0 Å². The molecule has 0 fully saturated rings. The predicted octanol–water partition coefficient (Wildman–Crippen LogP) is 5.17. The van der Waals surface area contributed by atoms with E-state index in [0.717, 1.165) is 9.80 Å². The minimum atomic E-state index is -0.830. The van der Waals surface area contributed by atoms with Crippen molar-refractivity contribution in [3.63, 3.8) is 0 Å². The first-order valence-electron chi connectivity index (χ1n) is 11.7. The quantitative estimate of drug-likeness (QED) is 0.484. The van der Waals surface area contributed by atoms with Crippen LogP contribution in [0.1, 0.15) is 67.9 Å². The lowest BCUT2D eigenvalue weighted by molar-refractivity contribution is -0.128. The van der Waals surface area contributed by atoms with Gasteiger partial charge in [-0.3, -0.25) is 9.69 Å². The summed E-state index contributed by atoms with van der Waals surface area (Å²) in [7, 11) is 1.37. The van der Waals surface area contributed by atoms with Crippen LogP contribution in [-0.2, 0) is 25.4 Å². The Morgan fingerprint density at radius 3 is 1.53 bits per heavy atom. The number of carbonyl (C=O) groups is 4. The van der Waals surface area contributed by atoms with E-state index in [-0.39, 0.29) is 19.6 Å². The van der Waals surface area contributed by atoms with Gasteiger partial charge in [0.25, 0.3) is 0 Å². The number of hydrogen-bond donors (Lipinski definition) is 0. The fourth-order valence-corrected chi connectivity index (χ4v) is 2.57. The van der Waals surface area contributed by atoms with Gasteiger partial charge < -0.3 is 18.9 Å². The molecular weight excluding hydrogens is 468 g/mol. The summed E-state index contributed by atoms with van der Waals surface area (Å²) in [4.78, 5) is 51.3. The van der Waals surface area contributed by atoms with Gasteiger partial charge in [0.1, 0.15) is 29.2 Å². The van der Waals surface area contributed by atoms with Gasteiger partial charge in [-0.2, -0.15) is 0 Å². The van der Waals surface area contributed by atoms with E-state index in [9.17, 15) is 19.2 Å². The lowest BCUT2D eigenvalue weighted by atomic mass is 10.1. The number of imide groups is 2. The molecule has 1 aromatic carbocycles. The van der Waals surface area contributed by atoms with Crippen molar-refractivity contribution in [2.24, 2.45) is 0 Å². The minimum absolute atomic E-state index is 0.00108. The predicted molar refractivity (Wildman–Crippen MR) is 134 cm³/mol. The SMILES string of the molecule is CN(C(=O)Cc1ccc(OCCN(C(=O)OC(C)(C)C)C(=O)OC(C)(C)C)cc1)C(=O)OC(C)(C)C. The molecule has 202 valence electrons. The molecule has 0 aliphatic heterocycles. The van der Waals surface area contributed by atoms with E-state index in [1.165, 1.54) is 7.05 Å². The van der Waals surface area contributed by atoms with Crippen LogP contribution < -0.4 is 4.74 Å². The molecule has 0 radical (unpaired) electrons.